The molecule has 1 aromatic heterocycles. The van der Waals surface area contributed by atoms with Crippen LogP contribution in [0.15, 0.2) is 45.9 Å². The lowest BCUT2D eigenvalue weighted by Gasteiger charge is -2.07. The van der Waals surface area contributed by atoms with Gasteiger partial charge in [-0.1, -0.05) is 36.0 Å². The molecule has 2 aromatic rings. The molecule has 0 aliphatic carbocycles. The number of hydrogen-bond donors (Lipinski definition) is 1. The SMILES string of the molecule is Cc1ccc(CC2S/C(=N\N=C\c3cccs3)NC2=O)cc1C. The first kappa shape index (κ1) is 16.0. The van der Waals surface area contributed by atoms with Gasteiger partial charge in [-0.15, -0.1) is 16.4 Å². The Morgan fingerprint density at radius 3 is 2.87 bits per heavy atom. The Morgan fingerprint density at radius 1 is 1.26 bits per heavy atom. The molecule has 0 radical (unpaired) electrons. The molecule has 1 atom stereocenters. The van der Waals surface area contributed by atoms with Crippen LogP contribution in [0.2, 0.25) is 0 Å². The summed E-state index contributed by atoms with van der Waals surface area (Å²) in [4.78, 5) is 13.1. The number of thioether (sulfide) groups is 1. The van der Waals surface area contributed by atoms with Gasteiger partial charge in [0.1, 0.15) is 0 Å². The summed E-state index contributed by atoms with van der Waals surface area (Å²) in [5.74, 6) is -0.00157. The van der Waals surface area contributed by atoms with E-state index in [1.54, 1.807) is 17.6 Å². The Bertz CT molecular complexity index is 766. The van der Waals surface area contributed by atoms with Crippen LogP contribution in [0.4, 0.5) is 0 Å². The second kappa shape index (κ2) is 7.10. The summed E-state index contributed by atoms with van der Waals surface area (Å²) in [7, 11) is 0. The van der Waals surface area contributed by atoms with E-state index in [0.29, 0.717) is 11.6 Å². The molecule has 0 saturated carbocycles. The Hall–Kier alpha value is -1.92. The van der Waals surface area contributed by atoms with Crippen LogP contribution >= 0.6 is 23.1 Å². The maximum absolute atomic E-state index is 12.1. The van der Waals surface area contributed by atoms with E-state index >= 15 is 0 Å². The summed E-state index contributed by atoms with van der Waals surface area (Å²) in [6.07, 6.45) is 2.40. The van der Waals surface area contributed by atoms with Gasteiger partial charge in [0.25, 0.3) is 0 Å². The molecule has 1 amide bonds. The van der Waals surface area contributed by atoms with Gasteiger partial charge in [0.05, 0.1) is 11.5 Å². The van der Waals surface area contributed by atoms with E-state index in [-0.39, 0.29) is 11.2 Å². The number of nitrogens with zero attached hydrogens (tertiary/aromatic N) is 2. The van der Waals surface area contributed by atoms with Gasteiger partial charge in [0.2, 0.25) is 5.91 Å². The van der Waals surface area contributed by atoms with Crippen LogP contribution in [0.1, 0.15) is 21.6 Å². The number of carbonyl (C=O) groups is 1. The lowest BCUT2D eigenvalue weighted by atomic mass is 10.0. The first-order chi connectivity index (χ1) is 11.1. The lowest BCUT2D eigenvalue weighted by Crippen LogP contribution is -2.25. The molecule has 1 saturated heterocycles. The fourth-order valence-electron chi connectivity index (χ4n) is 2.23. The molecular formula is C17H17N3OS2. The van der Waals surface area contributed by atoms with Crippen LogP contribution in [0.5, 0.6) is 0 Å². The maximum Gasteiger partial charge on any atom is 0.239 e. The summed E-state index contributed by atoms with van der Waals surface area (Å²) in [5, 5.41) is 13.3. The van der Waals surface area contributed by atoms with Crippen LogP contribution in [-0.2, 0) is 11.2 Å². The number of rotatable bonds is 4. The number of benzene rings is 1. The average Bonchev–Trinajstić information content (AvgIpc) is 3.14. The van der Waals surface area contributed by atoms with E-state index < -0.39 is 0 Å². The number of amides is 1. The van der Waals surface area contributed by atoms with Crippen LogP contribution < -0.4 is 5.32 Å². The molecule has 1 N–H and O–H groups in total. The van der Waals surface area contributed by atoms with Crippen LogP contribution in [0.25, 0.3) is 0 Å². The number of hydrogen-bond acceptors (Lipinski definition) is 5. The van der Waals surface area contributed by atoms with Gasteiger partial charge in [-0.25, -0.2) is 0 Å². The lowest BCUT2D eigenvalue weighted by molar-refractivity contribution is -0.118. The van der Waals surface area contributed by atoms with Gasteiger partial charge in [-0.3, -0.25) is 4.79 Å². The first-order valence-corrected chi connectivity index (χ1v) is 9.06. The topological polar surface area (TPSA) is 53.8 Å². The first-order valence-electron chi connectivity index (χ1n) is 7.30. The number of aryl methyl sites for hydroxylation is 2. The third kappa shape index (κ3) is 4.09. The number of nitrogens with one attached hydrogen (secondary N) is 1. The summed E-state index contributed by atoms with van der Waals surface area (Å²) in [5.41, 5.74) is 3.69. The number of thiophene rings is 1. The van der Waals surface area contributed by atoms with E-state index in [0.717, 1.165) is 4.88 Å². The minimum atomic E-state index is -0.146. The van der Waals surface area contributed by atoms with E-state index in [4.69, 9.17) is 0 Å². The predicted molar refractivity (Wildman–Crippen MR) is 98.5 cm³/mol. The molecule has 1 aliphatic heterocycles. The average molecular weight is 343 g/mol. The molecule has 0 bridgehead atoms. The zero-order chi connectivity index (χ0) is 16.2. The second-order valence-electron chi connectivity index (χ2n) is 5.38. The molecule has 2 heterocycles. The minimum Gasteiger partial charge on any atom is -0.303 e. The molecule has 1 unspecified atom stereocenters. The molecule has 4 nitrogen and oxygen atoms in total. The Kier molecular flexibility index (Phi) is 4.93. The smallest absolute Gasteiger partial charge is 0.239 e. The largest absolute Gasteiger partial charge is 0.303 e. The van der Waals surface area contributed by atoms with E-state index in [1.165, 1.54) is 28.5 Å². The Morgan fingerprint density at radius 2 is 2.13 bits per heavy atom. The number of amidine groups is 1. The molecule has 0 spiro atoms. The van der Waals surface area contributed by atoms with Crippen molar-refractivity contribution in [2.24, 2.45) is 10.2 Å². The second-order valence-corrected chi connectivity index (χ2v) is 7.55. The van der Waals surface area contributed by atoms with Crippen molar-refractivity contribution >= 4 is 40.4 Å². The standard InChI is InChI=1S/C17H17N3OS2/c1-11-5-6-13(8-12(11)2)9-15-16(21)19-17(23-15)20-18-10-14-4-3-7-22-14/h3-8,10,15H,9H2,1-2H3,(H,19,20,21)/b18-10+. The van der Waals surface area contributed by atoms with Crippen molar-refractivity contribution in [3.63, 3.8) is 0 Å². The van der Waals surface area contributed by atoms with E-state index in [1.807, 2.05) is 17.5 Å². The zero-order valence-corrected chi connectivity index (χ0v) is 14.6. The summed E-state index contributed by atoms with van der Waals surface area (Å²) >= 11 is 3.04. The fourth-order valence-corrected chi connectivity index (χ4v) is 3.78. The highest BCUT2D eigenvalue weighted by molar-refractivity contribution is 8.15. The predicted octanol–water partition coefficient (Wildman–Crippen LogP) is 3.53. The van der Waals surface area contributed by atoms with Crippen molar-refractivity contribution in [2.75, 3.05) is 0 Å². The van der Waals surface area contributed by atoms with Gasteiger partial charge >= 0.3 is 0 Å². The van der Waals surface area contributed by atoms with Gasteiger partial charge in [-0.2, -0.15) is 5.10 Å². The third-order valence-corrected chi connectivity index (χ3v) is 5.52. The van der Waals surface area contributed by atoms with Crippen LogP contribution in [-0.4, -0.2) is 22.5 Å². The molecule has 3 rings (SSSR count). The summed E-state index contributed by atoms with van der Waals surface area (Å²) in [6.45, 7) is 4.18. The van der Waals surface area contributed by atoms with Crippen LogP contribution in [0.3, 0.4) is 0 Å². The van der Waals surface area contributed by atoms with Crippen molar-refractivity contribution in [2.45, 2.75) is 25.5 Å². The van der Waals surface area contributed by atoms with Crippen molar-refractivity contribution < 1.29 is 4.79 Å². The van der Waals surface area contributed by atoms with Gasteiger partial charge in [-0.05, 0) is 48.4 Å². The third-order valence-electron chi connectivity index (χ3n) is 3.65. The highest BCUT2D eigenvalue weighted by atomic mass is 32.2. The van der Waals surface area contributed by atoms with Gasteiger partial charge < -0.3 is 5.32 Å². The molecule has 118 valence electrons. The zero-order valence-electron chi connectivity index (χ0n) is 12.9. The summed E-state index contributed by atoms with van der Waals surface area (Å²) < 4.78 is 0. The normalized spacial score (nSPS) is 19.7. The number of carbonyl (C=O) groups excluding carboxylic acids is 1. The molecule has 6 heteroatoms. The van der Waals surface area contributed by atoms with E-state index in [9.17, 15) is 4.79 Å². The monoisotopic (exact) mass is 343 g/mol. The summed E-state index contributed by atoms with van der Waals surface area (Å²) in [6, 6.07) is 10.3. The minimum absolute atomic E-state index is 0.00157. The van der Waals surface area contributed by atoms with Gasteiger partial charge in [0, 0.05) is 4.88 Å². The molecule has 23 heavy (non-hydrogen) atoms. The van der Waals surface area contributed by atoms with Crippen molar-refractivity contribution in [3.05, 3.63) is 57.3 Å². The molecule has 1 aliphatic rings. The van der Waals surface area contributed by atoms with Crippen molar-refractivity contribution in [3.8, 4) is 0 Å². The highest BCUT2D eigenvalue weighted by Crippen LogP contribution is 2.24. The van der Waals surface area contributed by atoms with Crippen LogP contribution in [0, 0.1) is 13.8 Å². The molecule has 1 fully saturated rings. The maximum atomic E-state index is 12.1. The highest BCUT2D eigenvalue weighted by Gasteiger charge is 2.30. The van der Waals surface area contributed by atoms with Crippen molar-refractivity contribution in [1.82, 2.24) is 5.32 Å². The van der Waals surface area contributed by atoms with E-state index in [2.05, 4.69) is 47.6 Å². The quantitative estimate of drug-likeness (QED) is 0.682. The van der Waals surface area contributed by atoms with Gasteiger partial charge in [0.15, 0.2) is 5.17 Å². The fraction of sp³-hybridized carbons (Fsp3) is 0.235. The molecule has 1 aromatic carbocycles. The Balaban J connectivity index is 1.64. The van der Waals surface area contributed by atoms with Crippen molar-refractivity contribution in [1.29, 1.82) is 0 Å². The molecular weight excluding hydrogens is 326 g/mol. The Labute approximate surface area is 143 Å².